The van der Waals surface area contributed by atoms with Crippen molar-refractivity contribution in [3.05, 3.63) is 54.2 Å². The highest BCUT2D eigenvalue weighted by Crippen LogP contribution is 2.33. The molecule has 0 saturated heterocycles. The summed E-state index contributed by atoms with van der Waals surface area (Å²) in [6, 6.07) is 15.6. The molecular weight excluding hydrogens is 268 g/mol. The zero-order chi connectivity index (χ0) is 13.7. The predicted molar refractivity (Wildman–Crippen MR) is 82.4 cm³/mol. The van der Waals surface area contributed by atoms with Crippen molar-refractivity contribution in [3.63, 3.8) is 0 Å². The van der Waals surface area contributed by atoms with Gasteiger partial charge in [-0.25, -0.2) is 4.98 Å². The lowest BCUT2D eigenvalue weighted by atomic mass is 10.1. The predicted octanol–water partition coefficient (Wildman–Crippen LogP) is 4.23. The summed E-state index contributed by atoms with van der Waals surface area (Å²) >= 11 is 1.68. The molecule has 20 heavy (non-hydrogen) atoms. The maximum Gasteiger partial charge on any atom is 0.195 e. The Morgan fingerprint density at radius 3 is 2.80 bits per heavy atom. The van der Waals surface area contributed by atoms with Crippen molar-refractivity contribution >= 4 is 26.5 Å². The molecule has 0 atom stereocenters. The number of rotatable bonds is 1. The van der Waals surface area contributed by atoms with Crippen LogP contribution in [0.15, 0.2) is 48.5 Å². The summed E-state index contributed by atoms with van der Waals surface area (Å²) < 4.78 is 3.42. The number of nitrogens with zero attached hydrogens (tertiary/aromatic N) is 2. The highest BCUT2D eigenvalue weighted by molar-refractivity contribution is 7.23. The third kappa shape index (κ3) is 1.55. The molecule has 0 unspecified atom stereocenters. The summed E-state index contributed by atoms with van der Waals surface area (Å²) in [5, 5.41) is 9.63. The Kier molecular flexibility index (Phi) is 2.35. The van der Waals surface area contributed by atoms with Crippen LogP contribution in [0.1, 0.15) is 5.69 Å². The van der Waals surface area contributed by atoms with Gasteiger partial charge in [0.25, 0.3) is 0 Å². The molecule has 0 aliphatic rings. The van der Waals surface area contributed by atoms with Gasteiger partial charge in [-0.05, 0) is 31.2 Å². The van der Waals surface area contributed by atoms with Gasteiger partial charge in [0.1, 0.15) is 5.75 Å². The molecule has 4 heteroatoms. The number of hydrogen-bond acceptors (Lipinski definition) is 3. The van der Waals surface area contributed by atoms with Crippen molar-refractivity contribution in [2.45, 2.75) is 6.92 Å². The topological polar surface area (TPSA) is 37.5 Å². The van der Waals surface area contributed by atoms with Crippen molar-refractivity contribution in [1.82, 2.24) is 9.38 Å². The summed E-state index contributed by atoms with van der Waals surface area (Å²) in [6.07, 6.45) is 0. The second kappa shape index (κ2) is 4.08. The highest BCUT2D eigenvalue weighted by Gasteiger charge is 2.14. The molecule has 0 saturated carbocycles. The second-order valence-corrected chi connectivity index (χ2v) is 5.79. The third-order valence-electron chi connectivity index (χ3n) is 3.50. The van der Waals surface area contributed by atoms with E-state index in [-0.39, 0.29) is 5.75 Å². The van der Waals surface area contributed by atoms with Crippen LogP contribution >= 0.6 is 11.3 Å². The molecule has 0 fully saturated rings. The Bertz CT molecular complexity index is 936. The Morgan fingerprint density at radius 1 is 1.10 bits per heavy atom. The number of aromatic hydroxyl groups is 1. The molecule has 3 nitrogen and oxygen atoms in total. The smallest absolute Gasteiger partial charge is 0.195 e. The molecule has 0 bridgehead atoms. The van der Waals surface area contributed by atoms with E-state index in [0.717, 1.165) is 21.9 Å². The third-order valence-corrected chi connectivity index (χ3v) is 4.53. The van der Waals surface area contributed by atoms with Crippen LogP contribution in [-0.4, -0.2) is 14.5 Å². The fraction of sp³-hybridized carbons (Fsp3) is 0.0625. The largest absolute Gasteiger partial charge is 0.508 e. The maximum absolute atomic E-state index is 9.63. The summed E-state index contributed by atoms with van der Waals surface area (Å²) in [4.78, 5) is 5.72. The first-order valence-electron chi connectivity index (χ1n) is 6.40. The van der Waals surface area contributed by atoms with E-state index in [9.17, 15) is 5.11 Å². The number of phenols is 1. The van der Waals surface area contributed by atoms with Crippen LogP contribution in [0.25, 0.3) is 26.4 Å². The van der Waals surface area contributed by atoms with Crippen LogP contribution in [0, 0.1) is 6.92 Å². The van der Waals surface area contributed by atoms with Gasteiger partial charge >= 0.3 is 0 Å². The van der Waals surface area contributed by atoms with Gasteiger partial charge in [-0.2, -0.15) is 0 Å². The number of benzene rings is 2. The number of hydrogen-bond donors (Lipinski definition) is 1. The van der Waals surface area contributed by atoms with Crippen molar-refractivity contribution in [2.75, 3.05) is 0 Å². The average Bonchev–Trinajstić information content (AvgIpc) is 2.96. The minimum Gasteiger partial charge on any atom is -0.508 e. The zero-order valence-electron chi connectivity index (χ0n) is 10.9. The average molecular weight is 280 g/mol. The lowest BCUT2D eigenvalue weighted by Crippen LogP contribution is -1.86. The van der Waals surface area contributed by atoms with Crippen LogP contribution in [0.4, 0.5) is 0 Å². The van der Waals surface area contributed by atoms with Crippen LogP contribution in [0.2, 0.25) is 0 Å². The number of fused-ring (bicyclic) bond motifs is 3. The molecule has 4 aromatic rings. The Morgan fingerprint density at radius 2 is 1.95 bits per heavy atom. The number of aromatic nitrogens is 2. The maximum atomic E-state index is 9.63. The molecule has 0 aliphatic carbocycles. The first-order chi connectivity index (χ1) is 9.74. The molecule has 0 radical (unpaired) electrons. The summed E-state index contributed by atoms with van der Waals surface area (Å²) in [5.74, 6) is 0.267. The molecule has 2 heterocycles. The lowest BCUT2D eigenvalue weighted by Gasteiger charge is -2.01. The van der Waals surface area contributed by atoms with E-state index >= 15 is 0 Å². The fourth-order valence-corrected chi connectivity index (χ4v) is 3.65. The number of phenolic OH excluding ortho intramolecular Hbond substituents is 1. The van der Waals surface area contributed by atoms with E-state index in [1.54, 1.807) is 23.5 Å². The highest BCUT2D eigenvalue weighted by atomic mass is 32.1. The fourth-order valence-electron chi connectivity index (χ4n) is 2.58. The quantitative estimate of drug-likeness (QED) is 0.566. The number of aryl methyl sites for hydroxylation is 1. The monoisotopic (exact) mass is 280 g/mol. The van der Waals surface area contributed by atoms with Gasteiger partial charge in [0, 0.05) is 11.3 Å². The summed E-state index contributed by atoms with van der Waals surface area (Å²) in [7, 11) is 0. The number of thiazole rings is 1. The van der Waals surface area contributed by atoms with Gasteiger partial charge in [0.05, 0.1) is 15.9 Å². The molecule has 0 aliphatic heterocycles. The zero-order valence-corrected chi connectivity index (χ0v) is 11.7. The van der Waals surface area contributed by atoms with Gasteiger partial charge < -0.3 is 5.11 Å². The van der Waals surface area contributed by atoms with Crippen molar-refractivity contribution < 1.29 is 5.11 Å². The number of imidazole rings is 1. The van der Waals surface area contributed by atoms with E-state index in [1.165, 1.54) is 10.2 Å². The van der Waals surface area contributed by atoms with Crippen LogP contribution in [0.5, 0.6) is 5.75 Å². The van der Waals surface area contributed by atoms with Gasteiger partial charge in [0.2, 0.25) is 0 Å². The van der Waals surface area contributed by atoms with Crippen LogP contribution in [-0.2, 0) is 0 Å². The minimum absolute atomic E-state index is 0.267. The van der Waals surface area contributed by atoms with Gasteiger partial charge in [-0.15, -0.1) is 0 Å². The van der Waals surface area contributed by atoms with Crippen LogP contribution < -0.4 is 0 Å². The lowest BCUT2D eigenvalue weighted by molar-refractivity contribution is 0.475. The molecule has 2 aromatic heterocycles. The normalized spacial score (nSPS) is 11.4. The standard InChI is InChI=1S/C16H12N2OS/c1-10-15(11-5-4-6-12(19)9-11)17-16-18(10)13-7-2-3-8-14(13)20-16/h2-9,19H,1H3. The van der Waals surface area contributed by atoms with Gasteiger partial charge in [0.15, 0.2) is 4.96 Å². The van der Waals surface area contributed by atoms with Crippen molar-refractivity contribution in [1.29, 1.82) is 0 Å². The first kappa shape index (κ1) is 11.5. The minimum atomic E-state index is 0.267. The first-order valence-corrected chi connectivity index (χ1v) is 7.22. The molecule has 1 N–H and O–H groups in total. The van der Waals surface area contributed by atoms with E-state index in [4.69, 9.17) is 4.98 Å². The Labute approximate surface area is 119 Å². The van der Waals surface area contributed by atoms with E-state index in [1.807, 2.05) is 24.3 Å². The molecule has 2 aromatic carbocycles. The molecule has 0 amide bonds. The van der Waals surface area contributed by atoms with Crippen molar-refractivity contribution in [2.24, 2.45) is 0 Å². The number of para-hydroxylation sites is 1. The van der Waals surface area contributed by atoms with E-state index < -0.39 is 0 Å². The summed E-state index contributed by atoms with van der Waals surface area (Å²) in [5.41, 5.74) is 4.16. The molecule has 98 valence electrons. The molecular formula is C16H12N2OS. The Balaban J connectivity index is 2.05. The van der Waals surface area contributed by atoms with Crippen LogP contribution in [0.3, 0.4) is 0 Å². The SMILES string of the molecule is Cc1c(-c2cccc(O)c2)nc2sc3ccccc3n12. The van der Waals surface area contributed by atoms with E-state index in [2.05, 4.69) is 23.5 Å². The van der Waals surface area contributed by atoms with Gasteiger partial charge in [-0.3, -0.25) is 4.40 Å². The molecule has 0 spiro atoms. The summed E-state index contributed by atoms with van der Waals surface area (Å²) in [6.45, 7) is 2.07. The van der Waals surface area contributed by atoms with E-state index in [0.29, 0.717) is 0 Å². The molecule has 4 rings (SSSR count). The van der Waals surface area contributed by atoms with Gasteiger partial charge in [-0.1, -0.05) is 35.6 Å². The second-order valence-electron chi connectivity index (χ2n) is 4.78. The van der Waals surface area contributed by atoms with Crippen molar-refractivity contribution in [3.8, 4) is 17.0 Å². The Hall–Kier alpha value is -2.33.